The van der Waals surface area contributed by atoms with Gasteiger partial charge in [-0.2, -0.15) is 4.99 Å². The van der Waals surface area contributed by atoms with Crippen molar-refractivity contribution in [1.29, 1.82) is 0 Å². The lowest BCUT2D eigenvalue weighted by atomic mass is 10.2. The average molecular weight is 375 g/mol. The topological polar surface area (TPSA) is 138 Å². The fraction of sp³-hybridized carbons (Fsp3) is 0.692. The maximum absolute atomic E-state index is 10.9. The number of hydrogen-bond acceptors (Lipinski definition) is 10. The van der Waals surface area contributed by atoms with Gasteiger partial charge in [-0.1, -0.05) is 24.6 Å². The van der Waals surface area contributed by atoms with Crippen LogP contribution in [-0.2, 0) is 9.79 Å². The van der Waals surface area contributed by atoms with E-state index in [0.717, 1.165) is 0 Å². The van der Waals surface area contributed by atoms with Gasteiger partial charge in [0.05, 0.1) is 19.0 Å². The normalized spacial score (nSPS) is 32.6. The minimum Gasteiger partial charge on any atom is -0.394 e. The number of nitrogens with two attached hydrogens (primary N) is 1. The second-order valence-corrected chi connectivity index (χ2v) is 8.90. The zero-order valence-corrected chi connectivity index (χ0v) is 14.9. The van der Waals surface area contributed by atoms with Crippen LogP contribution in [0.3, 0.4) is 0 Å². The molecule has 0 aromatic carbocycles. The van der Waals surface area contributed by atoms with E-state index in [4.69, 9.17) is 10.5 Å². The molecule has 1 fully saturated rings. The SMILES string of the molecule is CC(C)SSC1(O)NC(N)=Nc2c1ncn2[C@H]1C[C@H](O)[C@@H](CO)O1. The molecule has 1 aromatic rings. The van der Waals surface area contributed by atoms with Crippen LogP contribution in [0.5, 0.6) is 0 Å². The molecular formula is C13H21N5O4S2. The highest BCUT2D eigenvalue weighted by molar-refractivity contribution is 8.77. The summed E-state index contributed by atoms with van der Waals surface area (Å²) in [5.41, 5.74) is 6.16. The number of guanidine groups is 1. The van der Waals surface area contributed by atoms with Crippen LogP contribution in [0.4, 0.5) is 5.82 Å². The van der Waals surface area contributed by atoms with E-state index in [0.29, 0.717) is 23.2 Å². The Bertz CT molecular complexity index is 640. The second kappa shape index (κ2) is 6.73. The van der Waals surface area contributed by atoms with E-state index >= 15 is 0 Å². The Kier molecular flexibility index (Phi) is 5.00. The number of aliphatic hydroxyl groups excluding tert-OH is 2. The van der Waals surface area contributed by atoms with E-state index in [1.807, 2.05) is 13.8 Å². The molecule has 1 aromatic heterocycles. The summed E-state index contributed by atoms with van der Waals surface area (Å²) in [6.45, 7) is 3.76. The first-order chi connectivity index (χ1) is 11.3. The van der Waals surface area contributed by atoms with Gasteiger partial charge in [-0.15, -0.1) is 0 Å². The zero-order chi connectivity index (χ0) is 17.5. The van der Waals surface area contributed by atoms with Gasteiger partial charge < -0.3 is 31.1 Å². The highest BCUT2D eigenvalue weighted by Gasteiger charge is 2.43. The minimum absolute atomic E-state index is 0.0702. The van der Waals surface area contributed by atoms with E-state index in [1.54, 1.807) is 4.57 Å². The predicted molar refractivity (Wildman–Crippen MR) is 92.5 cm³/mol. The van der Waals surface area contributed by atoms with Gasteiger partial charge in [0, 0.05) is 11.7 Å². The van der Waals surface area contributed by atoms with Gasteiger partial charge in [0.15, 0.2) is 11.8 Å². The first-order valence-corrected chi connectivity index (χ1v) is 9.76. The molecule has 11 heteroatoms. The number of hydrogen-bond donors (Lipinski definition) is 5. The first-order valence-electron chi connectivity index (χ1n) is 7.55. The fourth-order valence-corrected chi connectivity index (χ4v) is 4.62. The summed E-state index contributed by atoms with van der Waals surface area (Å²) in [5, 5.41) is 31.6. The van der Waals surface area contributed by atoms with Crippen LogP contribution < -0.4 is 11.1 Å². The lowest BCUT2D eigenvalue weighted by Gasteiger charge is -2.31. The predicted octanol–water partition coefficient (Wildman–Crippen LogP) is -0.0344. The van der Waals surface area contributed by atoms with Gasteiger partial charge in [-0.3, -0.25) is 4.57 Å². The molecule has 9 nitrogen and oxygen atoms in total. The molecule has 1 saturated heterocycles. The van der Waals surface area contributed by atoms with Gasteiger partial charge in [-0.05, 0) is 10.8 Å². The van der Waals surface area contributed by atoms with Crippen molar-refractivity contribution in [1.82, 2.24) is 14.9 Å². The molecule has 3 rings (SSSR count). The van der Waals surface area contributed by atoms with Crippen molar-refractivity contribution in [2.24, 2.45) is 10.7 Å². The summed E-state index contributed by atoms with van der Waals surface area (Å²) >= 11 is 0. The van der Waals surface area contributed by atoms with E-state index in [9.17, 15) is 15.3 Å². The number of fused-ring (bicyclic) bond motifs is 1. The number of aliphatic hydroxyl groups is 3. The van der Waals surface area contributed by atoms with Crippen molar-refractivity contribution in [3.05, 3.63) is 12.0 Å². The zero-order valence-electron chi connectivity index (χ0n) is 13.3. The Morgan fingerprint density at radius 2 is 2.33 bits per heavy atom. The fourth-order valence-electron chi connectivity index (χ4n) is 2.57. The van der Waals surface area contributed by atoms with Crippen LogP contribution in [0.2, 0.25) is 0 Å². The molecule has 3 heterocycles. The van der Waals surface area contributed by atoms with Crippen molar-refractivity contribution in [3.8, 4) is 0 Å². The summed E-state index contributed by atoms with van der Waals surface area (Å²) < 4.78 is 7.25. The van der Waals surface area contributed by atoms with Crippen LogP contribution in [0, 0.1) is 0 Å². The van der Waals surface area contributed by atoms with Gasteiger partial charge in [-0.25, -0.2) is 4.98 Å². The highest BCUT2D eigenvalue weighted by atomic mass is 33.1. The third-order valence-corrected chi connectivity index (χ3v) is 6.85. The molecule has 6 N–H and O–H groups in total. The summed E-state index contributed by atoms with van der Waals surface area (Å²) in [7, 11) is 2.70. The number of aromatic nitrogens is 2. The molecule has 2 aliphatic rings. The Balaban J connectivity index is 1.90. The van der Waals surface area contributed by atoms with Crippen LogP contribution in [0.15, 0.2) is 11.3 Å². The van der Waals surface area contributed by atoms with Gasteiger partial charge in [0.25, 0.3) is 0 Å². The standard InChI is InChI=1S/C13H21N5O4S2/c1-6(2)23-24-13(21)10-11(16-12(14)17-13)18(5-15-10)9-3-7(20)8(4-19)22-9/h5-9,19-21H,3-4H2,1-2H3,(H3,14,16,17)/t7-,8+,9+,13?/m0/s1. The van der Waals surface area contributed by atoms with Crippen molar-refractivity contribution in [2.45, 2.75) is 49.0 Å². The number of imidazole rings is 1. The molecule has 2 aliphatic heterocycles. The molecule has 0 bridgehead atoms. The van der Waals surface area contributed by atoms with E-state index in [-0.39, 0.29) is 12.6 Å². The monoisotopic (exact) mass is 375 g/mol. The summed E-state index contributed by atoms with van der Waals surface area (Å²) in [5.74, 6) is 0.447. The smallest absolute Gasteiger partial charge is 0.245 e. The van der Waals surface area contributed by atoms with Gasteiger partial charge >= 0.3 is 0 Å². The highest BCUT2D eigenvalue weighted by Crippen LogP contribution is 2.46. The van der Waals surface area contributed by atoms with Crippen molar-refractivity contribution in [3.63, 3.8) is 0 Å². The molecule has 24 heavy (non-hydrogen) atoms. The number of aliphatic imine (C=N–C) groups is 1. The third kappa shape index (κ3) is 3.24. The van der Waals surface area contributed by atoms with Crippen molar-refractivity contribution < 1.29 is 20.1 Å². The average Bonchev–Trinajstić information content (AvgIpc) is 3.08. The van der Waals surface area contributed by atoms with Gasteiger partial charge in [0.1, 0.15) is 18.0 Å². The van der Waals surface area contributed by atoms with Crippen LogP contribution >= 0.6 is 21.6 Å². The molecular weight excluding hydrogens is 354 g/mol. The van der Waals surface area contributed by atoms with E-state index in [2.05, 4.69) is 15.3 Å². The van der Waals surface area contributed by atoms with Crippen molar-refractivity contribution >= 4 is 33.4 Å². The molecule has 0 spiro atoms. The maximum Gasteiger partial charge on any atom is 0.245 e. The van der Waals surface area contributed by atoms with Gasteiger partial charge in [0.2, 0.25) is 5.06 Å². The molecule has 0 amide bonds. The second-order valence-electron chi connectivity index (χ2n) is 5.93. The quantitative estimate of drug-likeness (QED) is 0.354. The Labute approximate surface area is 147 Å². The lowest BCUT2D eigenvalue weighted by Crippen LogP contribution is -2.49. The van der Waals surface area contributed by atoms with Crippen molar-refractivity contribution in [2.75, 3.05) is 6.61 Å². The van der Waals surface area contributed by atoms with Crippen LogP contribution in [0.1, 0.15) is 32.2 Å². The number of ether oxygens (including phenoxy) is 1. The summed E-state index contributed by atoms with van der Waals surface area (Å²) in [4.78, 5) is 8.50. The Morgan fingerprint density at radius 3 is 2.96 bits per heavy atom. The molecule has 0 aliphatic carbocycles. The molecule has 0 radical (unpaired) electrons. The molecule has 0 saturated carbocycles. The Morgan fingerprint density at radius 1 is 1.58 bits per heavy atom. The molecule has 4 atom stereocenters. The Hall–Kier alpha value is -0.980. The molecule has 134 valence electrons. The van der Waals surface area contributed by atoms with Crippen LogP contribution in [-0.4, -0.2) is 54.9 Å². The van der Waals surface area contributed by atoms with Crippen LogP contribution in [0.25, 0.3) is 0 Å². The molecule has 1 unspecified atom stereocenters. The number of rotatable bonds is 5. The summed E-state index contributed by atoms with van der Waals surface area (Å²) in [6, 6.07) is 0. The maximum atomic E-state index is 10.9. The first kappa shape index (κ1) is 17.8. The van der Waals surface area contributed by atoms with E-state index < -0.39 is 23.5 Å². The number of nitrogens with one attached hydrogen (secondary N) is 1. The largest absolute Gasteiger partial charge is 0.394 e. The minimum atomic E-state index is -1.51. The number of nitrogens with zero attached hydrogens (tertiary/aromatic N) is 3. The lowest BCUT2D eigenvalue weighted by molar-refractivity contribution is -0.0439. The van der Waals surface area contributed by atoms with E-state index in [1.165, 1.54) is 27.9 Å². The third-order valence-electron chi connectivity index (χ3n) is 3.67. The summed E-state index contributed by atoms with van der Waals surface area (Å²) in [6.07, 6.45) is -0.165.